The largest absolute Gasteiger partial charge is 0.411 e. The van der Waals surface area contributed by atoms with Crippen LogP contribution >= 0.6 is 0 Å². The highest BCUT2D eigenvalue weighted by Gasteiger charge is 2.23. The second kappa shape index (κ2) is 15.1. The third-order valence-electron chi connectivity index (χ3n) is 8.36. The van der Waals surface area contributed by atoms with Crippen LogP contribution in [-0.2, 0) is 16.6 Å². The maximum Gasteiger partial charge on any atom is 0.411 e. The van der Waals surface area contributed by atoms with E-state index in [0.29, 0.717) is 17.9 Å². The van der Waals surface area contributed by atoms with Gasteiger partial charge in [-0.05, 0) is 79.8 Å². The number of rotatable bonds is 11. The predicted molar refractivity (Wildman–Crippen MR) is 183 cm³/mol. The van der Waals surface area contributed by atoms with Gasteiger partial charge in [0.1, 0.15) is 0 Å². The highest BCUT2D eigenvalue weighted by Crippen LogP contribution is 2.33. The number of carbonyl (C=O) groups excluding carboxylic acids is 3. The summed E-state index contributed by atoms with van der Waals surface area (Å²) in [7, 11) is 0. The van der Waals surface area contributed by atoms with Crippen LogP contribution in [0.25, 0.3) is 16.8 Å². The molecule has 0 bridgehead atoms. The number of hydrogen-bond acceptors (Lipinski definition) is 6. The lowest BCUT2D eigenvalue weighted by molar-refractivity contribution is -0.132. The second-order valence-electron chi connectivity index (χ2n) is 13.0. The van der Waals surface area contributed by atoms with Crippen molar-refractivity contribution in [2.75, 3.05) is 18.4 Å². The summed E-state index contributed by atoms with van der Waals surface area (Å²) < 4.78 is 7.05. The van der Waals surface area contributed by atoms with E-state index in [0.717, 1.165) is 79.7 Å². The first-order chi connectivity index (χ1) is 22.6. The zero-order chi connectivity index (χ0) is 33.4. The van der Waals surface area contributed by atoms with Crippen molar-refractivity contribution in [3.05, 3.63) is 89.9 Å². The molecule has 0 unspecified atom stereocenters. The molecule has 246 valence electrons. The molecule has 0 radical (unpaired) electrons. The van der Waals surface area contributed by atoms with E-state index in [-0.39, 0.29) is 23.1 Å². The smallest absolute Gasteiger partial charge is 0.391 e. The topological polar surface area (TPSA) is 132 Å². The number of nitrogens with zero attached hydrogens (tertiary/aromatic N) is 4. The van der Waals surface area contributed by atoms with Crippen LogP contribution in [0.1, 0.15) is 87.3 Å². The van der Waals surface area contributed by atoms with Gasteiger partial charge >= 0.3 is 6.09 Å². The van der Waals surface area contributed by atoms with E-state index >= 15 is 0 Å². The van der Waals surface area contributed by atoms with Crippen molar-refractivity contribution in [2.24, 2.45) is 5.73 Å². The molecule has 1 saturated heterocycles. The van der Waals surface area contributed by atoms with Gasteiger partial charge in [0.25, 0.3) is 5.91 Å². The maximum atomic E-state index is 13.6. The molecular weight excluding hydrogens is 592 g/mol. The number of nitrogens with two attached hydrogens (primary N) is 1. The average molecular weight is 637 g/mol. The lowest BCUT2D eigenvalue weighted by Gasteiger charge is -2.26. The number of primary amides is 1. The molecule has 2 aromatic heterocycles. The Morgan fingerprint density at radius 2 is 1.68 bits per heavy atom. The van der Waals surface area contributed by atoms with Crippen LogP contribution in [0.5, 0.6) is 5.88 Å². The van der Waals surface area contributed by atoms with E-state index in [4.69, 9.17) is 15.5 Å². The number of amides is 3. The van der Waals surface area contributed by atoms with E-state index in [2.05, 4.69) is 10.3 Å². The number of anilines is 1. The number of hydrogen-bond donors (Lipinski definition) is 2. The number of piperidine rings is 1. The van der Waals surface area contributed by atoms with Crippen molar-refractivity contribution in [1.29, 1.82) is 0 Å². The minimum atomic E-state index is -0.925. The summed E-state index contributed by atoms with van der Waals surface area (Å²) >= 11 is 0. The fourth-order valence-electron chi connectivity index (χ4n) is 5.82. The third-order valence-corrected chi connectivity index (χ3v) is 8.36. The Hall–Kier alpha value is -4.99. The summed E-state index contributed by atoms with van der Waals surface area (Å²) in [5.74, 6) is 0.575. The van der Waals surface area contributed by atoms with Crippen LogP contribution in [0.2, 0.25) is 0 Å². The number of benzene rings is 2. The van der Waals surface area contributed by atoms with Gasteiger partial charge in [-0.1, -0.05) is 57.5 Å². The Kier molecular flexibility index (Phi) is 10.7. The number of nitrogens with one attached hydrogen (secondary N) is 1. The predicted octanol–water partition coefficient (Wildman–Crippen LogP) is 7.06. The summed E-state index contributed by atoms with van der Waals surface area (Å²) in [5.41, 5.74) is 9.38. The van der Waals surface area contributed by atoms with Gasteiger partial charge in [-0.3, -0.25) is 19.5 Å². The zero-order valence-electron chi connectivity index (χ0n) is 27.5. The highest BCUT2D eigenvalue weighted by molar-refractivity contribution is 6.04. The number of carbonyl (C=O) groups is 3. The molecule has 5 rings (SSSR count). The van der Waals surface area contributed by atoms with Gasteiger partial charge in [0.05, 0.1) is 5.69 Å². The zero-order valence-corrected chi connectivity index (χ0v) is 27.5. The Balaban J connectivity index is 1.29. The maximum absolute atomic E-state index is 13.6. The molecule has 2 aromatic carbocycles. The molecule has 4 aromatic rings. The van der Waals surface area contributed by atoms with Gasteiger partial charge in [-0.25, -0.2) is 14.8 Å². The Labute approximate surface area is 276 Å². The van der Waals surface area contributed by atoms with Crippen molar-refractivity contribution < 1.29 is 19.1 Å². The van der Waals surface area contributed by atoms with Crippen LogP contribution in [0.4, 0.5) is 10.7 Å². The van der Waals surface area contributed by atoms with Gasteiger partial charge in [-0.2, -0.15) is 0 Å². The van der Waals surface area contributed by atoms with E-state index in [1.807, 2.05) is 85.0 Å². The fourth-order valence-corrected chi connectivity index (χ4v) is 5.82. The summed E-state index contributed by atoms with van der Waals surface area (Å²) in [5, 5.41) is 3.02. The van der Waals surface area contributed by atoms with Crippen LogP contribution < -0.4 is 15.8 Å². The van der Waals surface area contributed by atoms with Crippen LogP contribution in [-0.4, -0.2) is 50.4 Å². The Bertz CT molecular complexity index is 1700. The molecule has 3 N–H and O–H groups in total. The minimum absolute atomic E-state index is 0.164. The fraction of sp³-hybridized carbons (Fsp3) is 0.378. The number of unbranched alkanes of at least 4 members (excludes halogenated alkanes) is 2. The first kappa shape index (κ1) is 33.4. The number of aryl methyl sites for hydroxylation is 1. The van der Waals surface area contributed by atoms with Crippen molar-refractivity contribution >= 4 is 23.9 Å². The number of likely N-dealkylation sites (tertiary alicyclic amines) is 1. The molecule has 0 spiro atoms. The second-order valence-corrected chi connectivity index (χ2v) is 13.0. The average Bonchev–Trinajstić information content (AvgIpc) is 3.47. The number of pyridine rings is 1. The molecule has 10 heteroatoms. The summed E-state index contributed by atoms with van der Waals surface area (Å²) in [6.07, 6.45) is 10.1. The van der Waals surface area contributed by atoms with Gasteiger partial charge in [0, 0.05) is 54.3 Å². The van der Waals surface area contributed by atoms with E-state index in [1.54, 1.807) is 18.3 Å². The molecule has 3 heterocycles. The Morgan fingerprint density at radius 3 is 2.40 bits per heavy atom. The standard InChI is InChI=1S/C37H44N6O4/c1-37(2,3)31-23-28(24-39-34(31)47-35(38)46)26-14-13-15-27(22-26)33(45)41-36-40-29(25-43(36)30-17-8-5-9-18-30)16-7-4-10-19-32(44)42-20-11-6-12-21-42/h5,8-9,13-15,17-18,22-25H,4,6-7,10-12,16,19-21H2,1-3H3,(H2,38,46)(H,40,41,45). The van der Waals surface area contributed by atoms with Gasteiger partial charge < -0.3 is 15.4 Å². The summed E-state index contributed by atoms with van der Waals surface area (Å²) in [4.78, 5) is 48.7. The van der Waals surface area contributed by atoms with Crippen molar-refractivity contribution in [3.8, 4) is 22.7 Å². The van der Waals surface area contributed by atoms with E-state index < -0.39 is 6.09 Å². The monoisotopic (exact) mass is 636 g/mol. The highest BCUT2D eigenvalue weighted by atomic mass is 16.6. The first-order valence-corrected chi connectivity index (χ1v) is 16.4. The molecule has 0 saturated carbocycles. The number of aromatic nitrogens is 3. The van der Waals surface area contributed by atoms with Crippen LogP contribution in [0.3, 0.4) is 0 Å². The van der Waals surface area contributed by atoms with Crippen LogP contribution in [0.15, 0.2) is 73.1 Å². The summed E-state index contributed by atoms with van der Waals surface area (Å²) in [6, 6.07) is 19.0. The number of imidazole rings is 1. The molecule has 1 fully saturated rings. The number of ether oxygens (including phenoxy) is 1. The van der Waals surface area contributed by atoms with Crippen LogP contribution in [0, 0.1) is 0 Å². The molecule has 3 amide bonds. The van der Waals surface area contributed by atoms with E-state index in [9.17, 15) is 14.4 Å². The number of para-hydroxylation sites is 1. The molecule has 10 nitrogen and oxygen atoms in total. The van der Waals surface area contributed by atoms with Gasteiger partial charge in [-0.15, -0.1) is 0 Å². The van der Waals surface area contributed by atoms with Crippen molar-refractivity contribution in [2.45, 2.75) is 77.6 Å². The third kappa shape index (κ3) is 8.84. The van der Waals surface area contributed by atoms with Gasteiger partial charge in [0.2, 0.25) is 17.7 Å². The van der Waals surface area contributed by atoms with Crippen molar-refractivity contribution in [1.82, 2.24) is 19.4 Å². The minimum Gasteiger partial charge on any atom is -0.391 e. The quantitative estimate of drug-likeness (QED) is 0.170. The molecule has 1 aliphatic rings. The lowest BCUT2D eigenvalue weighted by Crippen LogP contribution is -2.35. The van der Waals surface area contributed by atoms with E-state index in [1.165, 1.54) is 6.42 Å². The lowest BCUT2D eigenvalue weighted by atomic mass is 9.86. The Morgan fingerprint density at radius 1 is 0.915 bits per heavy atom. The molecular formula is C37H44N6O4. The first-order valence-electron chi connectivity index (χ1n) is 16.4. The van der Waals surface area contributed by atoms with Crippen molar-refractivity contribution in [3.63, 3.8) is 0 Å². The van der Waals surface area contributed by atoms with Gasteiger partial charge in [0.15, 0.2) is 0 Å². The molecule has 1 aliphatic heterocycles. The summed E-state index contributed by atoms with van der Waals surface area (Å²) in [6.45, 7) is 7.76. The SMILES string of the molecule is CC(C)(C)c1cc(-c2cccc(C(=O)Nc3nc(CCCCCC(=O)N4CCCCC4)cn3-c3ccccc3)c2)cnc1OC(N)=O. The molecule has 0 aliphatic carbocycles. The molecule has 47 heavy (non-hydrogen) atoms. The molecule has 0 atom stereocenters. The normalized spacial score (nSPS) is 13.3.